The van der Waals surface area contributed by atoms with Crippen molar-refractivity contribution in [2.75, 3.05) is 0 Å². The molecule has 0 unspecified atom stereocenters. The van der Waals surface area contributed by atoms with Crippen LogP contribution in [0.5, 0.6) is 0 Å². The van der Waals surface area contributed by atoms with E-state index in [1.54, 1.807) is 0 Å². The average molecular weight is 133 g/mol. The second-order valence-corrected chi connectivity index (χ2v) is 1.80. The van der Waals surface area contributed by atoms with Gasteiger partial charge in [0.05, 0.1) is 0 Å². The molecule has 4 N–H and O–H groups in total. The van der Waals surface area contributed by atoms with Crippen molar-refractivity contribution in [3.05, 3.63) is 0 Å². The van der Waals surface area contributed by atoms with Crippen LogP contribution in [0.2, 0.25) is 0 Å². The smallest absolute Gasteiger partial charge is 0.368 e. The first-order chi connectivity index (χ1) is 2.00. The fraction of sp³-hybridized carbons (Fsp3) is 0. The summed E-state index contributed by atoms with van der Waals surface area (Å²) in [4.78, 5) is 29.3. The molecular weight excluding hydrogens is 128 g/mol. The second-order valence-electron chi connectivity index (χ2n) is 0.600. The lowest BCUT2D eigenvalue weighted by Crippen LogP contribution is -2.33. The van der Waals surface area contributed by atoms with Gasteiger partial charge in [-0.1, -0.05) is 0 Å². The molecule has 0 aliphatic heterocycles. The standard InChI is InChI=1S/ClH.H4O4Si/c;1-5(2,3)4/h1H;1-4H. The van der Waals surface area contributed by atoms with Crippen LogP contribution in [0.15, 0.2) is 0 Å². The van der Waals surface area contributed by atoms with E-state index >= 15 is 0 Å². The summed E-state index contributed by atoms with van der Waals surface area (Å²) in [7, 11) is -4.61. The highest BCUT2D eigenvalue weighted by Gasteiger charge is 2.22. The maximum atomic E-state index is 7.33. The zero-order chi connectivity index (χ0) is 4.50. The van der Waals surface area contributed by atoms with Crippen molar-refractivity contribution in [1.29, 1.82) is 0 Å². The zero-order valence-corrected chi connectivity index (χ0v) is 4.51. The van der Waals surface area contributed by atoms with E-state index in [0.29, 0.717) is 0 Å². The van der Waals surface area contributed by atoms with Gasteiger partial charge in [-0.2, -0.15) is 0 Å². The van der Waals surface area contributed by atoms with Crippen molar-refractivity contribution in [3.63, 3.8) is 0 Å². The first kappa shape index (κ1) is 9.60. The molecule has 0 radical (unpaired) electrons. The summed E-state index contributed by atoms with van der Waals surface area (Å²) in [5.41, 5.74) is 0. The molecule has 0 aliphatic rings. The minimum Gasteiger partial charge on any atom is -0.368 e. The lowest BCUT2D eigenvalue weighted by Gasteiger charge is -1.91. The van der Waals surface area contributed by atoms with Gasteiger partial charge in [0.15, 0.2) is 0 Å². The molecule has 0 aromatic rings. The Kier molecular flexibility index (Phi) is 4.01. The maximum absolute atomic E-state index is 7.33. The van der Waals surface area contributed by atoms with Crippen LogP contribution < -0.4 is 0 Å². The van der Waals surface area contributed by atoms with Gasteiger partial charge in [-0.05, 0) is 0 Å². The Morgan fingerprint density at radius 1 is 0.833 bits per heavy atom. The van der Waals surface area contributed by atoms with E-state index in [4.69, 9.17) is 19.2 Å². The summed E-state index contributed by atoms with van der Waals surface area (Å²) in [6.07, 6.45) is 0. The van der Waals surface area contributed by atoms with Gasteiger partial charge in [-0.3, -0.25) is 0 Å². The Balaban J connectivity index is 0. The van der Waals surface area contributed by atoms with Gasteiger partial charge < -0.3 is 19.2 Å². The fourth-order valence-corrected chi connectivity index (χ4v) is 0. The Morgan fingerprint density at radius 3 is 0.833 bits per heavy atom. The molecule has 0 rings (SSSR count). The zero-order valence-electron chi connectivity index (χ0n) is 2.70. The molecule has 0 saturated carbocycles. The molecule has 4 nitrogen and oxygen atoms in total. The summed E-state index contributed by atoms with van der Waals surface area (Å²) in [6, 6.07) is 0. The largest absolute Gasteiger partial charge is 0.668 e. The second kappa shape index (κ2) is 2.51. The number of hydrogen-bond donors (Lipinski definition) is 4. The summed E-state index contributed by atoms with van der Waals surface area (Å²) in [5.74, 6) is 0. The molecule has 0 amide bonds. The highest BCUT2D eigenvalue weighted by molar-refractivity contribution is 6.46. The number of rotatable bonds is 0. The van der Waals surface area contributed by atoms with Gasteiger partial charge in [0.1, 0.15) is 0 Å². The molecule has 0 aromatic carbocycles. The normalized spacial score (nSPS) is 10.0. The summed E-state index contributed by atoms with van der Waals surface area (Å²) < 4.78 is 0. The van der Waals surface area contributed by atoms with Gasteiger partial charge in [0.25, 0.3) is 0 Å². The van der Waals surface area contributed by atoms with Gasteiger partial charge in [-0.15, -0.1) is 12.4 Å². The van der Waals surface area contributed by atoms with Gasteiger partial charge >= 0.3 is 9.05 Å². The molecule has 0 heterocycles. The van der Waals surface area contributed by atoms with Crippen LogP contribution in [0.25, 0.3) is 0 Å². The lowest BCUT2D eigenvalue weighted by molar-refractivity contribution is 0.117. The summed E-state index contributed by atoms with van der Waals surface area (Å²) in [5, 5.41) is 0. The Bertz CT molecular complexity index is 23.0. The summed E-state index contributed by atoms with van der Waals surface area (Å²) in [6.45, 7) is 0. The highest BCUT2D eigenvalue weighted by atomic mass is 35.5. The first-order valence-electron chi connectivity index (χ1n) is 0.894. The van der Waals surface area contributed by atoms with E-state index in [-0.39, 0.29) is 12.4 Å². The van der Waals surface area contributed by atoms with E-state index in [2.05, 4.69) is 0 Å². The van der Waals surface area contributed by atoms with Crippen molar-refractivity contribution in [2.45, 2.75) is 0 Å². The number of hydrogen-bond acceptors (Lipinski definition) is 4. The molecule has 0 atom stereocenters. The van der Waals surface area contributed by atoms with Crippen molar-refractivity contribution < 1.29 is 19.2 Å². The third kappa shape index (κ3) is 405. The Hall–Kier alpha value is 0.347. The molecule has 6 heavy (non-hydrogen) atoms. The lowest BCUT2D eigenvalue weighted by atomic mass is 15.7. The van der Waals surface area contributed by atoms with Crippen LogP contribution in [0.3, 0.4) is 0 Å². The topological polar surface area (TPSA) is 80.9 Å². The van der Waals surface area contributed by atoms with Crippen molar-refractivity contribution in [2.24, 2.45) is 0 Å². The molecule has 0 saturated heterocycles. The third-order valence-electron chi connectivity index (χ3n) is 0. The summed E-state index contributed by atoms with van der Waals surface area (Å²) >= 11 is 0. The van der Waals surface area contributed by atoms with E-state index in [9.17, 15) is 0 Å². The predicted molar refractivity (Wildman–Crippen MR) is 21.9 cm³/mol. The molecule has 0 fully saturated rings. The predicted octanol–water partition coefficient (Wildman–Crippen LogP) is -2.19. The van der Waals surface area contributed by atoms with Crippen LogP contribution in [0.4, 0.5) is 0 Å². The van der Waals surface area contributed by atoms with Crippen LogP contribution >= 0.6 is 12.4 Å². The van der Waals surface area contributed by atoms with Crippen molar-refractivity contribution in [1.82, 2.24) is 0 Å². The van der Waals surface area contributed by atoms with Gasteiger partial charge in [0.2, 0.25) is 0 Å². The minimum absolute atomic E-state index is 0. The van der Waals surface area contributed by atoms with Gasteiger partial charge in [-0.25, -0.2) is 0 Å². The number of halogens is 1. The molecule has 6 heteroatoms. The van der Waals surface area contributed by atoms with Gasteiger partial charge in [0, 0.05) is 0 Å². The van der Waals surface area contributed by atoms with E-state index in [1.807, 2.05) is 0 Å². The highest BCUT2D eigenvalue weighted by Crippen LogP contribution is 1.67. The monoisotopic (exact) mass is 132 g/mol. The third-order valence-corrected chi connectivity index (χ3v) is 0. The maximum Gasteiger partial charge on any atom is 0.668 e. The Morgan fingerprint density at radius 2 is 0.833 bits per heavy atom. The van der Waals surface area contributed by atoms with Crippen molar-refractivity contribution >= 4 is 21.5 Å². The van der Waals surface area contributed by atoms with Crippen molar-refractivity contribution in [3.8, 4) is 0 Å². The first-order valence-corrected chi connectivity index (χ1v) is 2.68. The molecule has 0 aliphatic carbocycles. The van der Waals surface area contributed by atoms with E-state index in [0.717, 1.165) is 0 Å². The van der Waals surface area contributed by atoms with E-state index < -0.39 is 9.05 Å². The molecule has 40 valence electrons. The van der Waals surface area contributed by atoms with Crippen LogP contribution in [-0.2, 0) is 0 Å². The average Bonchev–Trinajstić information content (AvgIpc) is 0.722. The minimum atomic E-state index is -4.61. The Labute approximate surface area is 41.6 Å². The van der Waals surface area contributed by atoms with E-state index in [1.165, 1.54) is 0 Å². The quantitative estimate of drug-likeness (QED) is 0.283. The van der Waals surface area contributed by atoms with Crippen LogP contribution in [0, 0.1) is 0 Å². The molecule has 0 spiro atoms. The van der Waals surface area contributed by atoms with Crippen LogP contribution in [-0.4, -0.2) is 28.2 Å². The molecule has 0 bridgehead atoms. The molecule has 0 aromatic heterocycles. The fourth-order valence-electron chi connectivity index (χ4n) is 0. The SMILES string of the molecule is Cl.O[Si](O)(O)O. The van der Waals surface area contributed by atoms with Crippen LogP contribution in [0.1, 0.15) is 0 Å². The molecular formula is H5ClO4Si.